The van der Waals surface area contributed by atoms with Gasteiger partial charge >= 0.3 is 0 Å². The zero-order valence-corrected chi connectivity index (χ0v) is 14.2. The average Bonchev–Trinajstić information content (AvgIpc) is 2.46. The van der Waals surface area contributed by atoms with Crippen LogP contribution in [0.15, 0.2) is 57.9 Å². The van der Waals surface area contributed by atoms with Gasteiger partial charge in [0, 0.05) is 15.7 Å². The molecule has 2 aromatic carbocycles. The first-order valence-electron chi connectivity index (χ1n) is 6.47. The standard InChI is InChI=1S/C15H13BrN2O4S/c16-11-3-1-2-10(8-11)14(19)9-15(20)18-12-4-6-13(7-5-12)23(17,21)22/h1-8H,9H2,(H,18,20)(H2,17,21,22). The minimum absolute atomic E-state index is 0.0549. The summed E-state index contributed by atoms with van der Waals surface area (Å²) in [4.78, 5) is 23.8. The van der Waals surface area contributed by atoms with Crippen LogP contribution in [0.2, 0.25) is 0 Å². The molecule has 0 unspecified atom stereocenters. The number of anilines is 1. The fourth-order valence-corrected chi connectivity index (χ4v) is 2.76. The van der Waals surface area contributed by atoms with Crippen molar-refractivity contribution < 1.29 is 18.0 Å². The molecule has 120 valence electrons. The average molecular weight is 397 g/mol. The molecular formula is C15H13BrN2O4S. The largest absolute Gasteiger partial charge is 0.326 e. The third-order valence-corrected chi connectivity index (χ3v) is 4.36. The van der Waals surface area contributed by atoms with Crippen LogP contribution in [0.5, 0.6) is 0 Å². The predicted molar refractivity (Wildman–Crippen MR) is 89.5 cm³/mol. The van der Waals surface area contributed by atoms with Crippen molar-refractivity contribution in [2.24, 2.45) is 5.14 Å². The second kappa shape index (κ2) is 7.03. The number of ketones is 1. The smallest absolute Gasteiger partial charge is 0.238 e. The van der Waals surface area contributed by atoms with Gasteiger partial charge in [0.1, 0.15) is 0 Å². The van der Waals surface area contributed by atoms with Crippen LogP contribution in [0.4, 0.5) is 5.69 Å². The highest BCUT2D eigenvalue weighted by molar-refractivity contribution is 9.10. The Bertz CT molecular complexity index is 848. The molecule has 2 aromatic rings. The molecular weight excluding hydrogens is 384 g/mol. The van der Waals surface area contributed by atoms with E-state index in [0.29, 0.717) is 11.3 Å². The van der Waals surface area contributed by atoms with Gasteiger partial charge in [-0.25, -0.2) is 13.6 Å². The topological polar surface area (TPSA) is 106 Å². The van der Waals surface area contributed by atoms with Gasteiger partial charge in [0.25, 0.3) is 0 Å². The van der Waals surface area contributed by atoms with Gasteiger partial charge in [-0.05, 0) is 36.4 Å². The number of amides is 1. The van der Waals surface area contributed by atoms with Gasteiger partial charge in [0.2, 0.25) is 15.9 Å². The first-order chi connectivity index (χ1) is 10.8. The Balaban J connectivity index is 2.01. The normalized spacial score (nSPS) is 11.0. The fraction of sp³-hybridized carbons (Fsp3) is 0.0667. The van der Waals surface area contributed by atoms with Crippen molar-refractivity contribution >= 4 is 43.3 Å². The van der Waals surface area contributed by atoms with Crippen LogP contribution >= 0.6 is 15.9 Å². The van der Waals surface area contributed by atoms with E-state index in [1.165, 1.54) is 24.3 Å². The molecule has 0 saturated heterocycles. The number of hydrogen-bond acceptors (Lipinski definition) is 4. The van der Waals surface area contributed by atoms with E-state index < -0.39 is 15.9 Å². The lowest BCUT2D eigenvalue weighted by molar-refractivity contribution is -0.115. The Morgan fingerprint density at radius 3 is 2.30 bits per heavy atom. The molecule has 0 atom stereocenters. The highest BCUT2D eigenvalue weighted by Crippen LogP contribution is 2.15. The molecule has 0 spiro atoms. The van der Waals surface area contributed by atoms with E-state index in [1.54, 1.807) is 24.3 Å². The molecule has 0 heterocycles. The van der Waals surface area contributed by atoms with Gasteiger partial charge in [-0.3, -0.25) is 9.59 Å². The van der Waals surface area contributed by atoms with E-state index in [0.717, 1.165) is 4.47 Å². The highest BCUT2D eigenvalue weighted by atomic mass is 79.9. The molecule has 0 radical (unpaired) electrons. The predicted octanol–water partition coefficient (Wildman–Crippen LogP) is 2.31. The van der Waals surface area contributed by atoms with E-state index >= 15 is 0 Å². The van der Waals surface area contributed by atoms with Crippen LogP contribution in [0.25, 0.3) is 0 Å². The summed E-state index contributed by atoms with van der Waals surface area (Å²) in [5, 5.41) is 7.52. The van der Waals surface area contributed by atoms with Crippen molar-refractivity contribution in [3.63, 3.8) is 0 Å². The number of halogens is 1. The second-order valence-corrected chi connectivity index (χ2v) is 7.20. The van der Waals surface area contributed by atoms with Crippen molar-refractivity contribution in [1.29, 1.82) is 0 Å². The number of Topliss-reactive ketones (excluding diaryl/α,β-unsaturated/α-hetero) is 1. The molecule has 0 bridgehead atoms. The van der Waals surface area contributed by atoms with E-state index in [2.05, 4.69) is 21.2 Å². The zero-order valence-electron chi connectivity index (χ0n) is 11.8. The molecule has 0 saturated carbocycles. The SMILES string of the molecule is NS(=O)(=O)c1ccc(NC(=O)CC(=O)c2cccc(Br)c2)cc1. The summed E-state index contributed by atoms with van der Waals surface area (Å²) in [5.41, 5.74) is 0.809. The molecule has 0 aromatic heterocycles. The van der Waals surface area contributed by atoms with Gasteiger partial charge in [-0.1, -0.05) is 28.1 Å². The summed E-state index contributed by atoms with van der Waals surface area (Å²) in [6.45, 7) is 0. The summed E-state index contributed by atoms with van der Waals surface area (Å²) >= 11 is 3.26. The number of nitrogens with two attached hydrogens (primary N) is 1. The maximum absolute atomic E-state index is 12.0. The number of benzene rings is 2. The van der Waals surface area contributed by atoms with Crippen LogP contribution in [0.1, 0.15) is 16.8 Å². The molecule has 0 aliphatic rings. The lowest BCUT2D eigenvalue weighted by Crippen LogP contribution is -2.17. The lowest BCUT2D eigenvalue weighted by Gasteiger charge is -2.06. The number of sulfonamides is 1. The molecule has 1 amide bonds. The molecule has 0 fully saturated rings. The molecule has 0 aliphatic carbocycles. The number of hydrogen-bond donors (Lipinski definition) is 2. The van der Waals surface area contributed by atoms with E-state index in [9.17, 15) is 18.0 Å². The Hall–Kier alpha value is -2.03. The van der Waals surface area contributed by atoms with Crippen LogP contribution in [0.3, 0.4) is 0 Å². The summed E-state index contributed by atoms with van der Waals surface area (Å²) < 4.78 is 23.0. The van der Waals surface area contributed by atoms with E-state index in [4.69, 9.17) is 5.14 Å². The zero-order chi connectivity index (χ0) is 17.0. The molecule has 3 N–H and O–H groups in total. The maximum atomic E-state index is 12.0. The summed E-state index contributed by atoms with van der Waals surface area (Å²) in [7, 11) is -3.78. The molecule has 23 heavy (non-hydrogen) atoms. The number of nitrogens with one attached hydrogen (secondary N) is 1. The first kappa shape index (κ1) is 17.3. The third kappa shape index (κ3) is 4.98. The number of primary sulfonamides is 1. The minimum atomic E-state index is -3.78. The van der Waals surface area contributed by atoms with Gasteiger partial charge in [0.05, 0.1) is 11.3 Å². The quantitative estimate of drug-likeness (QED) is 0.597. The second-order valence-electron chi connectivity index (χ2n) is 4.73. The first-order valence-corrected chi connectivity index (χ1v) is 8.81. The van der Waals surface area contributed by atoms with Crippen LogP contribution in [-0.4, -0.2) is 20.1 Å². The van der Waals surface area contributed by atoms with Crippen molar-refractivity contribution in [2.45, 2.75) is 11.3 Å². The molecule has 0 aliphatic heterocycles. The molecule has 6 nitrogen and oxygen atoms in total. The third-order valence-electron chi connectivity index (χ3n) is 2.93. The van der Waals surface area contributed by atoms with Crippen molar-refractivity contribution in [1.82, 2.24) is 0 Å². The van der Waals surface area contributed by atoms with Gasteiger partial charge in [-0.2, -0.15) is 0 Å². The Kier molecular flexibility index (Phi) is 5.30. The van der Waals surface area contributed by atoms with Gasteiger partial charge in [0.15, 0.2) is 5.78 Å². The Morgan fingerprint density at radius 1 is 1.09 bits per heavy atom. The van der Waals surface area contributed by atoms with Crippen LogP contribution < -0.4 is 10.5 Å². The van der Waals surface area contributed by atoms with Crippen LogP contribution in [0, 0.1) is 0 Å². The van der Waals surface area contributed by atoms with E-state index in [1.807, 2.05) is 0 Å². The van der Waals surface area contributed by atoms with Gasteiger partial charge in [-0.15, -0.1) is 0 Å². The number of rotatable bonds is 5. The summed E-state index contributed by atoms with van der Waals surface area (Å²) in [6.07, 6.45) is -0.312. The van der Waals surface area contributed by atoms with E-state index in [-0.39, 0.29) is 17.1 Å². The maximum Gasteiger partial charge on any atom is 0.238 e. The van der Waals surface area contributed by atoms with Gasteiger partial charge < -0.3 is 5.32 Å². The molecule has 2 rings (SSSR count). The van der Waals surface area contributed by atoms with Crippen molar-refractivity contribution in [3.05, 3.63) is 58.6 Å². The van der Waals surface area contributed by atoms with Crippen LogP contribution in [-0.2, 0) is 14.8 Å². The highest BCUT2D eigenvalue weighted by Gasteiger charge is 2.13. The monoisotopic (exact) mass is 396 g/mol. The Morgan fingerprint density at radius 2 is 1.74 bits per heavy atom. The molecule has 8 heteroatoms. The summed E-state index contributed by atoms with van der Waals surface area (Å²) in [6, 6.07) is 12.1. The minimum Gasteiger partial charge on any atom is -0.326 e. The Labute approximate surface area is 141 Å². The summed E-state index contributed by atoms with van der Waals surface area (Å²) in [5.74, 6) is -0.803. The number of carbonyl (C=O) groups is 2. The fourth-order valence-electron chi connectivity index (χ4n) is 1.84. The van der Waals surface area contributed by atoms with Crippen molar-refractivity contribution in [3.8, 4) is 0 Å². The number of carbonyl (C=O) groups excluding carboxylic acids is 2. The lowest BCUT2D eigenvalue weighted by atomic mass is 10.1. The van der Waals surface area contributed by atoms with Crippen molar-refractivity contribution in [2.75, 3.05) is 5.32 Å².